The largest absolute Gasteiger partial charge is 0.477 e. The summed E-state index contributed by atoms with van der Waals surface area (Å²) in [5, 5.41) is 9.05. The monoisotopic (exact) mass is 344 g/mol. The molecule has 2 aliphatic rings. The van der Waals surface area contributed by atoms with Crippen molar-refractivity contribution in [2.24, 2.45) is 11.3 Å². The Kier molecular flexibility index (Phi) is 4.42. The van der Waals surface area contributed by atoms with E-state index < -0.39 is 23.5 Å². The second-order valence-electron chi connectivity index (χ2n) is 6.47. The first-order valence-corrected chi connectivity index (χ1v) is 7.92. The molecule has 1 aromatic heterocycles. The molecular formula is C16H19F3N2O3. The number of carboxylic acids is 1. The molecule has 0 saturated carbocycles. The second-order valence-corrected chi connectivity index (χ2v) is 6.47. The minimum absolute atomic E-state index is 0.0114. The van der Waals surface area contributed by atoms with Crippen molar-refractivity contribution in [3.8, 4) is 0 Å². The molecule has 2 saturated heterocycles. The molecule has 8 heteroatoms. The maximum Gasteiger partial charge on any atom is 0.392 e. The van der Waals surface area contributed by atoms with Gasteiger partial charge in [0, 0.05) is 31.7 Å². The van der Waals surface area contributed by atoms with Gasteiger partial charge in [0.25, 0.3) is 0 Å². The summed E-state index contributed by atoms with van der Waals surface area (Å²) in [5.41, 5.74) is -0.998. The van der Waals surface area contributed by atoms with Crippen LogP contribution in [0.4, 0.5) is 19.0 Å². The van der Waals surface area contributed by atoms with Gasteiger partial charge in [0.15, 0.2) is 5.69 Å². The highest BCUT2D eigenvalue weighted by molar-refractivity contribution is 5.85. The standard InChI is InChI=1S/C16H19F3N2O3/c17-16(18,19)12-4-7-21(10-15(12)5-8-24-9-6-15)13-3-1-2-11(20-13)14(22)23/h1-3,12H,4-10H2,(H,22,23). The van der Waals surface area contributed by atoms with Gasteiger partial charge in [0.1, 0.15) is 5.82 Å². The van der Waals surface area contributed by atoms with Crippen molar-refractivity contribution in [1.29, 1.82) is 0 Å². The Morgan fingerprint density at radius 2 is 2.04 bits per heavy atom. The Balaban J connectivity index is 1.88. The maximum absolute atomic E-state index is 13.5. The van der Waals surface area contributed by atoms with Crippen LogP contribution in [-0.2, 0) is 4.74 Å². The number of carbonyl (C=O) groups is 1. The van der Waals surface area contributed by atoms with Gasteiger partial charge < -0.3 is 14.7 Å². The number of piperidine rings is 1. The number of pyridine rings is 1. The molecule has 1 spiro atoms. The van der Waals surface area contributed by atoms with Crippen LogP contribution in [0.2, 0.25) is 0 Å². The Labute approximate surface area is 137 Å². The molecular weight excluding hydrogens is 325 g/mol. The summed E-state index contributed by atoms with van der Waals surface area (Å²) in [6, 6.07) is 4.59. The molecule has 3 rings (SSSR count). The van der Waals surface area contributed by atoms with Crippen molar-refractivity contribution >= 4 is 11.8 Å². The fraction of sp³-hybridized carbons (Fsp3) is 0.625. The van der Waals surface area contributed by atoms with Crippen molar-refractivity contribution in [1.82, 2.24) is 4.98 Å². The first-order valence-electron chi connectivity index (χ1n) is 7.92. The number of aromatic carboxylic acids is 1. The van der Waals surface area contributed by atoms with E-state index in [2.05, 4.69) is 4.98 Å². The van der Waals surface area contributed by atoms with E-state index in [-0.39, 0.29) is 25.2 Å². The molecule has 0 radical (unpaired) electrons. The van der Waals surface area contributed by atoms with Crippen molar-refractivity contribution in [2.75, 3.05) is 31.2 Å². The summed E-state index contributed by atoms with van der Waals surface area (Å²) in [5.74, 6) is -2.09. The van der Waals surface area contributed by atoms with Gasteiger partial charge in [-0.15, -0.1) is 0 Å². The van der Waals surface area contributed by atoms with E-state index in [1.807, 2.05) is 0 Å². The van der Waals surface area contributed by atoms with E-state index in [4.69, 9.17) is 9.84 Å². The molecule has 1 unspecified atom stereocenters. The predicted molar refractivity (Wildman–Crippen MR) is 80.1 cm³/mol. The number of halogens is 3. The summed E-state index contributed by atoms with van der Waals surface area (Å²) >= 11 is 0. The number of hydrogen-bond acceptors (Lipinski definition) is 4. The number of aromatic nitrogens is 1. The molecule has 1 aromatic rings. The zero-order chi connectivity index (χ0) is 17.4. The molecule has 1 atom stereocenters. The molecule has 2 aliphatic heterocycles. The average Bonchev–Trinajstić information content (AvgIpc) is 2.54. The van der Waals surface area contributed by atoms with Gasteiger partial charge in [-0.05, 0) is 31.4 Å². The van der Waals surface area contributed by atoms with E-state index >= 15 is 0 Å². The highest BCUT2D eigenvalue weighted by Crippen LogP contribution is 2.51. The number of rotatable bonds is 2. The SMILES string of the molecule is O=C(O)c1cccc(N2CCC(C(F)(F)F)C3(CCOCC3)C2)n1. The normalized spacial score (nSPS) is 24.1. The number of alkyl halides is 3. The van der Waals surface area contributed by atoms with Gasteiger partial charge >= 0.3 is 12.1 Å². The van der Waals surface area contributed by atoms with Gasteiger partial charge in [-0.3, -0.25) is 0 Å². The van der Waals surface area contributed by atoms with E-state index in [1.54, 1.807) is 17.0 Å². The summed E-state index contributed by atoms with van der Waals surface area (Å²) in [6.07, 6.45) is -3.54. The lowest BCUT2D eigenvalue weighted by atomic mass is 9.65. The highest BCUT2D eigenvalue weighted by Gasteiger charge is 2.56. The van der Waals surface area contributed by atoms with Crippen molar-refractivity contribution < 1.29 is 27.8 Å². The zero-order valence-electron chi connectivity index (χ0n) is 13.1. The molecule has 0 aromatic carbocycles. The minimum Gasteiger partial charge on any atom is -0.477 e. The van der Waals surface area contributed by atoms with Crippen LogP contribution >= 0.6 is 0 Å². The summed E-state index contributed by atoms with van der Waals surface area (Å²) in [6.45, 7) is 1.07. The number of ether oxygens (including phenoxy) is 1. The molecule has 0 aliphatic carbocycles. The van der Waals surface area contributed by atoms with Gasteiger partial charge in [-0.25, -0.2) is 9.78 Å². The van der Waals surface area contributed by atoms with Gasteiger partial charge in [0.05, 0.1) is 5.92 Å². The topological polar surface area (TPSA) is 62.7 Å². The van der Waals surface area contributed by atoms with Gasteiger partial charge in [-0.1, -0.05) is 6.07 Å². The molecule has 3 heterocycles. The summed E-state index contributed by atoms with van der Waals surface area (Å²) in [7, 11) is 0. The third kappa shape index (κ3) is 3.19. The Morgan fingerprint density at radius 1 is 1.33 bits per heavy atom. The first-order chi connectivity index (χ1) is 11.3. The molecule has 0 amide bonds. The van der Waals surface area contributed by atoms with Crippen LogP contribution in [0.15, 0.2) is 18.2 Å². The third-order valence-corrected chi connectivity index (χ3v) is 5.09. The Bertz CT molecular complexity index is 615. The number of nitrogens with zero attached hydrogens (tertiary/aromatic N) is 2. The van der Waals surface area contributed by atoms with E-state index in [0.717, 1.165) is 0 Å². The molecule has 132 valence electrons. The Morgan fingerprint density at radius 3 is 2.67 bits per heavy atom. The van der Waals surface area contributed by atoms with Crippen molar-refractivity contribution in [3.63, 3.8) is 0 Å². The maximum atomic E-state index is 13.5. The summed E-state index contributed by atoms with van der Waals surface area (Å²) in [4.78, 5) is 16.9. The molecule has 1 N–H and O–H groups in total. The highest BCUT2D eigenvalue weighted by atomic mass is 19.4. The lowest BCUT2D eigenvalue weighted by Gasteiger charge is -2.51. The van der Waals surface area contributed by atoms with Crippen LogP contribution in [0.1, 0.15) is 29.8 Å². The number of carboxylic acid groups (broad SMARTS) is 1. The average molecular weight is 344 g/mol. The second kappa shape index (κ2) is 6.23. The van der Waals surface area contributed by atoms with E-state index in [1.165, 1.54) is 6.07 Å². The molecule has 5 nitrogen and oxygen atoms in total. The quantitative estimate of drug-likeness (QED) is 0.894. The number of anilines is 1. The minimum atomic E-state index is -4.24. The lowest BCUT2D eigenvalue weighted by molar-refractivity contribution is -0.223. The third-order valence-electron chi connectivity index (χ3n) is 5.09. The first kappa shape index (κ1) is 17.0. The molecule has 2 fully saturated rings. The Hall–Kier alpha value is -1.83. The van der Waals surface area contributed by atoms with Crippen molar-refractivity contribution in [2.45, 2.75) is 25.4 Å². The van der Waals surface area contributed by atoms with E-state index in [0.29, 0.717) is 31.9 Å². The molecule has 0 bridgehead atoms. The number of hydrogen-bond donors (Lipinski definition) is 1. The fourth-order valence-electron chi connectivity index (χ4n) is 3.87. The molecule has 24 heavy (non-hydrogen) atoms. The van der Waals surface area contributed by atoms with Crippen molar-refractivity contribution in [3.05, 3.63) is 23.9 Å². The van der Waals surface area contributed by atoms with Crippen LogP contribution in [0.25, 0.3) is 0 Å². The smallest absolute Gasteiger partial charge is 0.392 e. The van der Waals surface area contributed by atoms with E-state index in [9.17, 15) is 18.0 Å². The van der Waals surface area contributed by atoms with Gasteiger partial charge in [0.2, 0.25) is 0 Å². The van der Waals surface area contributed by atoms with Crippen LogP contribution in [0, 0.1) is 11.3 Å². The fourth-order valence-corrected chi connectivity index (χ4v) is 3.87. The van der Waals surface area contributed by atoms with Crippen LogP contribution in [-0.4, -0.2) is 48.5 Å². The lowest BCUT2D eigenvalue weighted by Crippen LogP contribution is -2.55. The summed E-state index contributed by atoms with van der Waals surface area (Å²) < 4.78 is 45.8. The van der Waals surface area contributed by atoms with Crippen LogP contribution < -0.4 is 4.90 Å². The predicted octanol–water partition coefficient (Wildman–Crippen LogP) is 2.97. The zero-order valence-corrected chi connectivity index (χ0v) is 13.1. The van der Waals surface area contributed by atoms with Crippen LogP contribution in [0.5, 0.6) is 0 Å². The van der Waals surface area contributed by atoms with Crippen LogP contribution in [0.3, 0.4) is 0 Å². The van der Waals surface area contributed by atoms with Gasteiger partial charge in [-0.2, -0.15) is 13.2 Å².